The number of hydrogen-bond acceptors (Lipinski definition) is 2. The maximum atomic E-state index is 6.20. The number of hydrogen-bond donors (Lipinski definition) is 1. The zero-order valence-corrected chi connectivity index (χ0v) is 12.4. The van der Waals surface area contributed by atoms with Crippen molar-refractivity contribution in [2.45, 2.75) is 58.6 Å². The van der Waals surface area contributed by atoms with Crippen molar-refractivity contribution in [3.8, 4) is 0 Å². The fraction of sp³-hybridized carbons (Fsp3) is 0.625. The van der Waals surface area contributed by atoms with E-state index in [9.17, 15) is 0 Å². The Hall–Kier alpha value is -0.860. The van der Waals surface area contributed by atoms with Crippen molar-refractivity contribution in [1.29, 1.82) is 0 Å². The zero-order valence-electron chi connectivity index (χ0n) is 12.4. The molecule has 0 spiro atoms. The molecular weight excluding hydrogens is 222 g/mol. The molecule has 0 aliphatic rings. The van der Waals surface area contributed by atoms with Gasteiger partial charge in [-0.05, 0) is 63.6 Å². The molecule has 2 heteroatoms. The van der Waals surface area contributed by atoms with Crippen molar-refractivity contribution >= 4 is 0 Å². The highest BCUT2D eigenvalue weighted by Gasteiger charge is 2.17. The van der Waals surface area contributed by atoms with Crippen LogP contribution in [-0.2, 0) is 11.2 Å². The molecule has 2 N–H and O–H groups in total. The molecule has 0 heterocycles. The molecule has 2 nitrogen and oxygen atoms in total. The normalized spacial score (nSPS) is 13.7. The summed E-state index contributed by atoms with van der Waals surface area (Å²) < 4.78 is 5.42. The molecular formula is C16H27NO. The van der Waals surface area contributed by atoms with Crippen LogP contribution in [0.3, 0.4) is 0 Å². The van der Waals surface area contributed by atoms with Crippen LogP contribution in [0.25, 0.3) is 0 Å². The largest absolute Gasteiger partial charge is 0.379 e. The first-order chi connectivity index (χ1) is 8.34. The molecule has 0 fully saturated rings. The van der Waals surface area contributed by atoms with Crippen molar-refractivity contribution in [3.05, 3.63) is 34.9 Å². The molecule has 102 valence electrons. The molecule has 0 aliphatic carbocycles. The molecule has 0 aromatic heterocycles. The molecule has 0 amide bonds. The molecule has 1 aromatic carbocycles. The molecule has 1 unspecified atom stereocenters. The van der Waals surface area contributed by atoms with Gasteiger partial charge in [0.2, 0.25) is 0 Å². The number of aryl methyl sites for hydroxylation is 2. The summed E-state index contributed by atoms with van der Waals surface area (Å²) in [5, 5.41) is 0. The Bertz CT molecular complexity index is 385. The summed E-state index contributed by atoms with van der Waals surface area (Å²) in [6.07, 6.45) is 2.93. The number of benzene rings is 1. The SMILES string of the molecule is COC(C)(C)CCC(N)Cc1ccc(C)c(C)c1. The highest BCUT2D eigenvalue weighted by molar-refractivity contribution is 5.30. The van der Waals surface area contributed by atoms with Gasteiger partial charge in [-0.2, -0.15) is 0 Å². The molecule has 1 atom stereocenters. The summed E-state index contributed by atoms with van der Waals surface area (Å²) in [4.78, 5) is 0. The van der Waals surface area contributed by atoms with Gasteiger partial charge in [0.15, 0.2) is 0 Å². The smallest absolute Gasteiger partial charge is 0.0623 e. The maximum Gasteiger partial charge on any atom is 0.0623 e. The van der Waals surface area contributed by atoms with Gasteiger partial charge in [0.05, 0.1) is 5.60 Å². The Morgan fingerprint density at radius 2 is 1.89 bits per heavy atom. The van der Waals surface area contributed by atoms with Gasteiger partial charge >= 0.3 is 0 Å². The first kappa shape index (κ1) is 15.2. The van der Waals surface area contributed by atoms with Crippen LogP contribution < -0.4 is 5.73 Å². The summed E-state index contributed by atoms with van der Waals surface area (Å²) in [6.45, 7) is 8.50. The maximum absolute atomic E-state index is 6.20. The van der Waals surface area contributed by atoms with Gasteiger partial charge < -0.3 is 10.5 Å². The molecule has 0 saturated heterocycles. The van der Waals surface area contributed by atoms with Gasteiger partial charge in [0.1, 0.15) is 0 Å². The third kappa shape index (κ3) is 4.79. The van der Waals surface area contributed by atoms with E-state index in [2.05, 4.69) is 45.9 Å². The number of methoxy groups -OCH3 is 1. The third-order valence-corrected chi connectivity index (χ3v) is 3.74. The van der Waals surface area contributed by atoms with Crippen LogP contribution in [0.4, 0.5) is 0 Å². The summed E-state index contributed by atoms with van der Waals surface area (Å²) in [6, 6.07) is 6.82. The highest BCUT2D eigenvalue weighted by atomic mass is 16.5. The van der Waals surface area contributed by atoms with Crippen LogP contribution in [0.5, 0.6) is 0 Å². The van der Waals surface area contributed by atoms with Crippen molar-refractivity contribution in [1.82, 2.24) is 0 Å². The Morgan fingerprint density at radius 3 is 2.44 bits per heavy atom. The minimum Gasteiger partial charge on any atom is -0.379 e. The average molecular weight is 249 g/mol. The molecule has 0 radical (unpaired) electrons. The van der Waals surface area contributed by atoms with Crippen molar-refractivity contribution in [2.24, 2.45) is 5.73 Å². The molecule has 0 bridgehead atoms. The quantitative estimate of drug-likeness (QED) is 0.839. The van der Waals surface area contributed by atoms with Crippen LogP contribution in [0.2, 0.25) is 0 Å². The van der Waals surface area contributed by atoms with Crippen LogP contribution in [0.15, 0.2) is 18.2 Å². The van der Waals surface area contributed by atoms with Crippen LogP contribution in [0, 0.1) is 13.8 Å². The van der Waals surface area contributed by atoms with E-state index in [0.29, 0.717) is 0 Å². The standard InChI is InChI=1S/C16H27NO/c1-12-6-7-14(10-13(12)2)11-15(17)8-9-16(3,4)18-5/h6-7,10,15H,8-9,11,17H2,1-5H3. The molecule has 18 heavy (non-hydrogen) atoms. The average Bonchev–Trinajstić information content (AvgIpc) is 2.32. The summed E-state index contributed by atoms with van der Waals surface area (Å²) >= 11 is 0. The van der Waals surface area contributed by atoms with E-state index in [0.717, 1.165) is 19.3 Å². The first-order valence-corrected chi connectivity index (χ1v) is 6.71. The van der Waals surface area contributed by atoms with E-state index in [4.69, 9.17) is 10.5 Å². The van der Waals surface area contributed by atoms with Gasteiger partial charge in [-0.25, -0.2) is 0 Å². The second kappa shape index (κ2) is 6.35. The summed E-state index contributed by atoms with van der Waals surface area (Å²) in [7, 11) is 1.76. The monoisotopic (exact) mass is 249 g/mol. The van der Waals surface area contributed by atoms with Gasteiger partial charge in [-0.15, -0.1) is 0 Å². The predicted molar refractivity (Wildman–Crippen MR) is 77.9 cm³/mol. The van der Waals surface area contributed by atoms with Crippen molar-refractivity contribution in [3.63, 3.8) is 0 Å². The summed E-state index contributed by atoms with van der Waals surface area (Å²) in [5.74, 6) is 0. The van der Waals surface area contributed by atoms with Gasteiger partial charge in [0.25, 0.3) is 0 Å². The Balaban J connectivity index is 2.49. The lowest BCUT2D eigenvalue weighted by Gasteiger charge is -2.24. The second-order valence-corrected chi connectivity index (χ2v) is 5.89. The van der Waals surface area contributed by atoms with Gasteiger partial charge in [-0.1, -0.05) is 18.2 Å². The molecule has 0 saturated carbocycles. The lowest BCUT2D eigenvalue weighted by atomic mass is 9.94. The zero-order chi connectivity index (χ0) is 13.8. The third-order valence-electron chi connectivity index (χ3n) is 3.74. The number of nitrogens with two attached hydrogens (primary N) is 1. The Labute approximate surface area is 112 Å². The highest BCUT2D eigenvalue weighted by Crippen LogP contribution is 2.18. The number of ether oxygens (including phenoxy) is 1. The predicted octanol–water partition coefficient (Wildman–Crippen LogP) is 3.38. The second-order valence-electron chi connectivity index (χ2n) is 5.89. The minimum absolute atomic E-state index is 0.0686. The van der Waals surface area contributed by atoms with Crippen LogP contribution in [-0.4, -0.2) is 18.8 Å². The first-order valence-electron chi connectivity index (χ1n) is 6.71. The fourth-order valence-electron chi connectivity index (χ4n) is 1.97. The van der Waals surface area contributed by atoms with Crippen molar-refractivity contribution < 1.29 is 4.74 Å². The molecule has 0 aliphatic heterocycles. The Morgan fingerprint density at radius 1 is 1.22 bits per heavy atom. The van der Waals surface area contributed by atoms with E-state index in [1.807, 2.05) is 0 Å². The van der Waals surface area contributed by atoms with Crippen molar-refractivity contribution in [2.75, 3.05) is 7.11 Å². The number of rotatable bonds is 6. The van der Waals surface area contributed by atoms with E-state index >= 15 is 0 Å². The van der Waals surface area contributed by atoms with E-state index in [1.165, 1.54) is 16.7 Å². The Kier molecular flexibility index (Phi) is 5.36. The van der Waals surface area contributed by atoms with Gasteiger partial charge in [0, 0.05) is 13.2 Å². The van der Waals surface area contributed by atoms with E-state index < -0.39 is 0 Å². The van der Waals surface area contributed by atoms with Crippen LogP contribution in [0.1, 0.15) is 43.4 Å². The van der Waals surface area contributed by atoms with Crippen LogP contribution >= 0.6 is 0 Å². The lowest BCUT2D eigenvalue weighted by Crippen LogP contribution is -2.29. The molecule has 1 aromatic rings. The van der Waals surface area contributed by atoms with Gasteiger partial charge in [-0.3, -0.25) is 0 Å². The summed E-state index contributed by atoms with van der Waals surface area (Å²) in [5.41, 5.74) is 10.2. The minimum atomic E-state index is -0.0686. The molecule has 1 rings (SSSR count). The van der Waals surface area contributed by atoms with E-state index in [-0.39, 0.29) is 11.6 Å². The lowest BCUT2D eigenvalue weighted by molar-refractivity contribution is 0.0125. The topological polar surface area (TPSA) is 35.2 Å². The fourth-order valence-corrected chi connectivity index (χ4v) is 1.97. The van der Waals surface area contributed by atoms with E-state index in [1.54, 1.807) is 7.11 Å².